The van der Waals surface area contributed by atoms with Crippen molar-refractivity contribution in [1.29, 1.82) is 0 Å². The zero-order valence-electron chi connectivity index (χ0n) is 8.42. The highest BCUT2D eigenvalue weighted by atomic mass is 16.3. The summed E-state index contributed by atoms with van der Waals surface area (Å²) in [5.74, 6) is -0.346. The fourth-order valence-electron chi connectivity index (χ4n) is 1.68. The maximum Gasteiger partial charge on any atom is 0.225 e. The van der Waals surface area contributed by atoms with Gasteiger partial charge in [0.05, 0.1) is 18.8 Å². The van der Waals surface area contributed by atoms with Crippen LogP contribution >= 0.6 is 0 Å². The Morgan fingerprint density at radius 2 is 2.07 bits per heavy atom. The molecule has 0 aromatic rings. The van der Waals surface area contributed by atoms with Crippen LogP contribution in [-0.2, 0) is 4.79 Å². The van der Waals surface area contributed by atoms with E-state index in [1.807, 2.05) is 0 Å². The minimum absolute atomic E-state index is 0.101. The van der Waals surface area contributed by atoms with Crippen LogP contribution in [0.3, 0.4) is 0 Å². The number of aliphatic hydroxyl groups is 3. The van der Waals surface area contributed by atoms with Crippen LogP contribution in [-0.4, -0.2) is 57.5 Å². The van der Waals surface area contributed by atoms with Gasteiger partial charge in [0.25, 0.3) is 0 Å². The van der Waals surface area contributed by atoms with E-state index in [1.165, 1.54) is 4.90 Å². The second-order valence-corrected chi connectivity index (χ2v) is 3.95. The molecule has 0 aliphatic carbocycles. The third-order valence-corrected chi connectivity index (χ3v) is 2.54. The average Bonchev–Trinajstić information content (AvgIpc) is 2.41. The molecule has 3 N–H and O–H groups in total. The van der Waals surface area contributed by atoms with Gasteiger partial charge in [-0.25, -0.2) is 0 Å². The minimum Gasteiger partial charge on any atom is -0.394 e. The Morgan fingerprint density at radius 1 is 1.50 bits per heavy atom. The number of carbonyl (C=O) groups is 1. The van der Waals surface area contributed by atoms with Crippen LogP contribution in [0.15, 0.2) is 0 Å². The number of β-amino-alcohol motifs (C(OH)–C–C–N with tert-alkyl or cyclic N) is 1. The Morgan fingerprint density at radius 3 is 2.50 bits per heavy atom. The lowest BCUT2D eigenvalue weighted by Crippen LogP contribution is -2.43. The lowest BCUT2D eigenvalue weighted by molar-refractivity contribution is -0.137. The molecular formula is C9H17NO4. The first-order chi connectivity index (χ1) is 6.49. The number of hydrogen-bond donors (Lipinski definition) is 3. The van der Waals surface area contributed by atoms with E-state index in [2.05, 4.69) is 0 Å². The van der Waals surface area contributed by atoms with E-state index in [0.29, 0.717) is 0 Å². The lowest BCUT2D eigenvalue weighted by atomic mass is 10.1. The number of likely N-dealkylation sites (tertiary alicyclic amines) is 1. The molecule has 14 heavy (non-hydrogen) atoms. The second-order valence-electron chi connectivity index (χ2n) is 3.95. The summed E-state index contributed by atoms with van der Waals surface area (Å²) in [6, 6.07) is -0.667. The Kier molecular flexibility index (Phi) is 3.47. The van der Waals surface area contributed by atoms with Gasteiger partial charge in [-0.2, -0.15) is 0 Å². The van der Waals surface area contributed by atoms with Gasteiger partial charge in [0.15, 0.2) is 0 Å². The first-order valence-corrected chi connectivity index (χ1v) is 4.76. The summed E-state index contributed by atoms with van der Waals surface area (Å²) in [4.78, 5) is 12.9. The van der Waals surface area contributed by atoms with Gasteiger partial charge in [0, 0.05) is 12.5 Å². The van der Waals surface area contributed by atoms with Crippen molar-refractivity contribution in [2.75, 3.05) is 13.2 Å². The van der Waals surface area contributed by atoms with Gasteiger partial charge in [-0.3, -0.25) is 4.79 Å². The highest BCUT2D eigenvalue weighted by molar-refractivity contribution is 5.79. The molecule has 0 radical (unpaired) electrons. The van der Waals surface area contributed by atoms with Crippen molar-refractivity contribution < 1.29 is 20.1 Å². The van der Waals surface area contributed by atoms with Crippen molar-refractivity contribution >= 4 is 5.91 Å². The van der Waals surface area contributed by atoms with E-state index in [9.17, 15) is 15.0 Å². The Labute approximate surface area is 83.0 Å². The van der Waals surface area contributed by atoms with Crippen LogP contribution in [0.5, 0.6) is 0 Å². The van der Waals surface area contributed by atoms with Gasteiger partial charge in [-0.05, 0) is 0 Å². The molecule has 0 saturated carbocycles. The SMILES string of the molecule is CC(C)C(=O)N1C[C@H](O)[C@@H](O)[C@@H]1CO. The number of nitrogens with zero attached hydrogens (tertiary/aromatic N) is 1. The molecule has 0 aromatic heterocycles. The molecule has 1 fully saturated rings. The summed E-state index contributed by atoms with van der Waals surface area (Å²) in [6.45, 7) is 3.27. The number of aliphatic hydroxyl groups excluding tert-OH is 3. The molecule has 1 aliphatic heterocycles. The maximum absolute atomic E-state index is 11.6. The molecule has 0 spiro atoms. The highest BCUT2D eigenvalue weighted by Gasteiger charge is 2.42. The van der Waals surface area contributed by atoms with Gasteiger partial charge in [0.2, 0.25) is 5.91 Å². The van der Waals surface area contributed by atoms with Crippen LogP contribution in [0.4, 0.5) is 0 Å². The van der Waals surface area contributed by atoms with Gasteiger partial charge in [-0.15, -0.1) is 0 Å². The number of rotatable bonds is 2. The summed E-state index contributed by atoms with van der Waals surface area (Å²) in [5, 5.41) is 27.8. The van der Waals surface area contributed by atoms with Crippen LogP contribution in [0.25, 0.3) is 0 Å². The van der Waals surface area contributed by atoms with Crippen molar-refractivity contribution in [3.8, 4) is 0 Å². The van der Waals surface area contributed by atoms with Gasteiger partial charge >= 0.3 is 0 Å². The fraction of sp³-hybridized carbons (Fsp3) is 0.889. The molecule has 1 amide bonds. The van der Waals surface area contributed by atoms with Crippen molar-refractivity contribution in [2.24, 2.45) is 5.92 Å². The number of amides is 1. The van der Waals surface area contributed by atoms with E-state index < -0.39 is 18.2 Å². The molecule has 1 saturated heterocycles. The molecule has 1 rings (SSSR count). The third-order valence-electron chi connectivity index (χ3n) is 2.54. The topological polar surface area (TPSA) is 81.0 Å². The quantitative estimate of drug-likeness (QED) is 0.514. The monoisotopic (exact) mass is 203 g/mol. The van der Waals surface area contributed by atoms with E-state index >= 15 is 0 Å². The van der Waals surface area contributed by atoms with Crippen molar-refractivity contribution in [2.45, 2.75) is 32.1 Å². The molecule has 0 aromatic carbocycles. The largest absolute Gasteiger partial charge is 0.394 e. The first kappa shape index (κ1) is 11.4. The summed E-state index contributed by atoms with van der Waals surface area (Å²) in [5.41, 5.74) is 0. The molecule has 1 aliphatic rings. The second kappa shape index (κ2) is 4.25. The normalized spacial score (nSPS) is 32.7. The summed E-state index contributed by atoms with van der Waals surface area (Å²) in [6.07, 6.45) is -1.99. The zero-order chi connectivity index (χ0) is 10.9. The third kappa shape index (κ3) is 1.89. The van der Waals surface area contributed by atoms with Crippen LogP contribution in [0.1, 0.15) is 13.8 Å². The minimum atomic E-state index is -1.04. The average molecular weight is 203 g/mol. The molecule has 1 heterocycles. The predicted molar refractivity (Wildman–Crippen MR) is 49.4 cm³/mol. The Hall–Kier alpha value is -0.650. The zero-order valence-corrected chi connectivity index (χ0v) is 8.42. The standard InChI is InChI=1S/C9H17NO4/c1-5(2)9(14)10-3-7(12)8(13)6(10)4-11/h5-8,11-13H,3-4H2,1-2H3/t6-,7-,8-/m0/s1. The maximum atomic E-state index is 11.6. The molecule has 5 nitrogen and oxygen atoms in total. The summed E-state index contributed by atoms with van der Waals surface area (Å²) < 4.78 is 0. The van der Waals surface area contributed by atoms with E-state index in [0.717, 1.165) is 0 Å². The molecular weight excluding hydrogens is 186 g/mol. The van der Waals surface area contributed by atoms with Crippen LogP contribution < -0.4 is 0 Å². The molecule has 82 valence electrons. The van der Waals surface area contributed by atoms with Crippen molar-refractivity contribution in [1.82, 2.24) is 4.90 Å². The fourth-order valence-corrected chi connectivity index (χ4v) is 1.68. The summed E-state index contributed by atoms with van der Waals surface area (Å²) >= 11 is 0. The van der Waals surface area contributed by atoms with Gasteiger partial charge in [-0.1, -0.05) is 13.8 Å². The molecule has 0 unspecified atom stereocenters. The van der Waals surface area contributed by atoms with Crippen molar-refractivity contribution in [3.05, 3.63) is 0 Å². The molecule has 0 bridgehead atoms. The number of carbonyl (C=O) groups excluding carboxylic acids is 1. The van der Waals surface area contributed by atoms with Gasteiger partial charge < -0.3 is 20.2 Å². The Balaban J connectivity index is 2.75. The van der Waals surface area contributed by atoms with E-state index in [4.69, 9.17) is 5.11 Å². The highest BCUT2D eigenvalue weighted by Crippen LogP contribution is 2.20. The Bertz CT molecular complexity index is 219. The van der Waals surface area contributed by atoms with E-state index in [-0.39, 0.29) is 25.0 Å². The van der Waals surface area contributed by atoms with Crippen LogP contribution in [0.2, 0.25) is 0 Å². The van der Waals surface area contributed by atoms with E-state index in [1.54, 1.807) is 13.8 Å². The lowest BCUT2D eigenvalue weighted by Gasteiger charge is -2.25. The van der Waals surface area contributed by atoms with Crippen LogP contribution in [0, 0.1) is 5.92 Å². The summed E-state index contributed by atoms with van der Waals surface area (Å²) in [7, 11) is 0. The van der Waals surface area contributed by atoms with Gasteiger partial charge in [0.1, 0.15) is 6.10 Å². The number of hydrogen-bond acceptors (Lipinski definition) is 4. The predicted octanol–water partition coefficient (Wildman–Crippen LogP) is -1.43. The smallest absolute Gasteiger partial charge is 0.225 e. The van der Waals surface area contributed by atoms with Crippen molar-refractivity contribution in [3.63, 3.8) is 0 Å². The first-order valence-electron chi connectivity index (χ1n) is 4.76. The molecule has 5 heteroatoms. The molecule has 3 atom stereocenters.